The van der Waals surface area contributed by atoms with Gasteiger partial charge in [-0.05, 0) is 42.8 Å². The summed E-state index contributed by atoms with van der Waals surface area (Å²) in [7, 11) is 1.63. The van der Waals surface area contributed by atoms with Crippen LogP contribution in [0.25, 0.3) is 0 Å². The largest absolute Gasteiger partial charge is 0.495 e. The molecule has 0 saturated heterocycles. The van der Waals surface area contributed by atoms with Crippen LogP contribution in [0.2, 0.25) is 0 Å². The summed E-state index contributed by atoms with van der Waals surface area (Å²) in [5.74, 6) is 0.501. The quantitative estimate of drug-likeness (QED) is 0.856. The summed E-state index contributed by atoms with van der Waals surface area (Å²) in [6.45, 7) is 2.85. The number of hydrogen-bond donors (Lipinski definition) is 1. The zero-order chi connectivity index (χ0) is 15.2. The van der Waals surface area contributed by atoms with Gasteiger partial charge in [0.25, 0.3) is 0 Å². The van der Waals surface area contributed by atoms with Gasteiger partial charge in [0.2, 0.25) is 0 Å². The lowest BCUT2D eigenvalue weighted by atomic mass is 9.99. The Hall–Kier alpha value is -1.46. The van der Waals surface area contributed by atoms with Gasteiger partial charge in [0, 0.05) is 22.3 Å². The van der Waals surface area contributed by atoms with Crippen molar-refractivity contribution in [3.8, 4) is 5.75 Å². The van der Waals surface area contributed by atoms with Crippen molar-refractivity contribution in [1.29, 1.82) is 0 Å². The van der Waals surface area contributed by atoms with Gasteiger partial charge in [-0.25, -0.2) is 4.39 Å². The third-order valence-corrected chi connectivity index (χ3v) is 4.07. The molecule has 0 aliphatic rings. The second-order valence-electron chi connectivity index (χ2n) is 4.67. The summed E-state index contributed by atoms with van der Waals surface area (Å²) in [6.07, 6.45) is 4.09. The maximum atomic E-state index is 13.5. The van der Waals surface area contributed by atoms with Crippen LogP contribution >= 0.6 is 15.9 Å². The van der Waals surface area contributed by atoms with Crippen molar-refractivity contribution in [2.24, 2.45) is 0 Å². The molecule has 1 unspecified atom stereocenters. The third-order valence-electron chi connectivity index (χ3n) is 3.29. The molecule has 0 saturated carbocycles. The molecule has 112 valence electrons. The molecule has 0 spiro atoms. The Morgan fingerprint density at radius 2 is 2.19 bits per heavy atom. The Balaban J connectivity index is 2.33. The van der Waals surface area contributed by atoms with Crippen LogP contribution in [0.3, 0.4) is 0 Å². The highest BCUT2D eigenvalue weighted by Crippen LogP contribution is 2.29. The van der Waals surface area contributed by atoms with Gasteiger partial charge in [0.1, 0.15) is 11.6 Å². The number of hydrogen-bond acceptors (Lipinski definition) is 3. The van der Waals surface area contributed by atoms with Gasteiger partial charge in [0.15, 0.2) is 0 Å². The van der Waals surface area contributed by atoms with E-state index >= 15 is 0 Å². The summed E-state index contributed by atoms with van der Waals surface area (Å²) >= 11 is 3.48. The number of nitrogens with one attached hydrogen (secondary N) is 1. The van der Waals surface area contributed by atoms with Gasteiger partial charge in [-0.2, -0.15) is 0 Å². The van der Waals surface area contributed by atoms with Crippen LogP contribution in [-0.2, 0) is 6.42 Å². The molecule has 1 atom stereocenters. The number of benzene rings is 1. The first-order valence-corrected chi connectivity index (χ1v) is 7.60. The number of pyridine rings is 1. The Labute approximate surface area is 132 Å². The van der Waals surface area contributed by atoms with Crippen molar-refractivity contribution < 1.29 is 9.13 Å². The van der Waals surface area contributed by atoms with E-state index in [4.69, 9.17) is 4.74 Å². The minimum atomic E-state index is -0.231. The SMILES string of the molecule is CCNC(Cc1cc(F)ccc1Br)c1ccncc1OC. The van der Waals surface area contributed by atoms with Crippen molar-refractivity contribution in [1.82, 2.24) is 10.3 Å². The minimum Gasteiger partial charge on any atom is -0.495 e. The highest BCUT2D eigenvalue weighted by molar-refractivity contribution is 9.10. The normalized spacial score (nSPS) is 12.2. The van der Waals surface area contributed by atoms with Crippen LogP contribution in [0, 0.1) is 5.82 Å². The Kier molecular flexibility index (Phi) is 5.70. The van der Waals surface area contributed by atoms with Crippen molar-refractivity contribution in [2.75, 3.05) is 13.7 Å². The Bertz CT molecular complexity index is 607. The first-order valence-electron chi connectivity index (χ1n) is 6.81. The minimum absolute atomic E-state index is 0.0334. The van der Waals surface area contributed by atoms with Crippen LogP contribution < -0.4 is 10.1 Å². The van der Waals surface area contributed by atoms with Crippen molar-refractivity contribution in [3.63, 3.8) is 0 Å². The fourth-order valence-corrected chi connectivity index (χ4v) is 2.72. The molecule has 0 aliphatic carbocycles. The van der Waals surface area contributed by atoms with Crippen molar-refractivity contribution in [3.05, 3.63) is 58.1 Å². The molecule has 2 rings (SSSR count). The van der Waals surface area contributed by atoms with Gasteiger partial charge in [-0.3, -0.25) is 4.98 Å². The van der Waals surface area contributed by atoms with E-state index < -0.39 is 0 Å². The van der Waals surface area contributed by atoms with E-state index in [1.807, 2.05) is 13.0 Å². The summed E-state index contributed by atoms with van der Waals surface area (Å²) in [5, 5.41) is 3.42. The summed E-state index contributed by atoms with van der Waals surface area (Å²) in [6, 6.07) is 6.70. The first kappa shape index (κ1) is 15.9. The van der Waals surface area contributed by atoms with Crippen LogP contribution in [-0.4, -0.2) is 18.6 Å². The molecule has 2 aromatic rings. The average molecular weight is 353 g/mol. The maximum absolute atomic E-state index is 13.5. The maximum Gasteiger partial charge on any atom is 0.141 e. The lowest BCUT2D eigenvalue weighted by Gasteiger charge is -2.21. The van der Waals surface area contributed by atoms with Gasteiger partial charge >= 0.3 is 0 Å². The van der Waals surface area contributed by atoms with Crippen molar-refractivity contribution >= 4 is 15.9 Å². The van der Waals surface area contributed by atoms with E-state index in [1.54, 1.807) is 31.6 Å². The number of ether oxygens (including phenoxy) is 1. The van der Waals surface area contributed by atoms with Gasteiger partial charge in [0.05, 0.1) is 13.3 Å². The van der Waals surface area contributed by atoms with Crippen LogP contribution in [0.4, 0.5) is 4.39 Å². The van der Waals surface area contributed by atoms with E-state index in [9.17, 15) is 4.39 Å². The van der Waals surface area contributed by atoms with Crippen LogP contribution in [0.15, 0.2) is 41.1 Å². The molecule has 1 aromatic carbocycles. The fourth-order valence-electron chi connectivity index (χ4n) is 2.31. The number of nitrogens with zero attached hydrogens (tertiary/aromatic N) is 1. The topological polar surface area (TPSA) is 34.2 Å². The lowest BCUT2D eigenvalue weighted by Crippen LogP contribution is -2.23. The number of likely N-dealkylation sites (N-methyl/N-ethyl adjacent to an activating group) is 1. The van der Waals surface area contributed by atoms with E-state index in [1.165, 1.54) is 6.07 Å². The summed E-state index contributed by atoms with van der Waals surface area (Å²) in [5.41, 5.74) is 1.94. The second-order valence-corrected chi connectivity index (χ2v) is 5.52. The number of aromatic nitrogens is 1. The highest BCUT2D eigenvalue weighted by atomic mass is 79.9. The molecule has 1 aromatic heterocycles. The Morgan fingerprint density at radius 3 is 2.90 bits per heavy atom. The lowest BCUT2D eigenvalue weighted by molar-refractivity contribution is 0.397. The predicted molar refractivity (Wildman–Crippen MR) is 85.0 cm³/mol. The van der Waals surface area contributed by atoms with Gasteiger partial charge in [-0.15, -0.1) is 0 Å². The molecule has 5 heteroatoms. The van der Waals surface area contributed by atoms with Crippen LogP contribution in [0.5, 0.6) is 5.75 Å². The molecular formula is C16H18BrFN2O. The van der Waals surface area contributed by atoms with E-state index in [2.05, 4.69) is 26.2 Å². The van der Waals surface area contributed by atoms with Crippen LogP contribution in [0.1, 0.15) is 24.1 Å². The van der Waals surface area contributed by atoms with Gasteiger partial charge in [-0.1, -0.05) is 22.9 Å². The molecule has 0 radical (unpaired) electrons. The first-order chi connectivity index (χ1) is 10.2. The highest BCUT2D eigenvalue weighted by Gasteiger charge is 2.17. The fraction of sp³-hybridized carbons (Fsp3) is 0.312. The smallest absolute Gasteiger partial charge is 0.141 e. The number of halogens is 2. The monoisotopic (exact) mass is 352 g/mol. The van der Waals surface area contributed by atoms with E-state index in [0.717, 1.165) is 27.9 Å². The zero-order valence-corrected chi connectivity index (χ0v) is 13.7. The molecule has 1 heterocycles. The van der Waals surface area contributed by atoms with Crippen molar-refractivity contribution in [2.45, 2.75) is 19.4 Å². The molecule has 3 nitrogen and oxygen atoms in total. The number of methoxy groups -OCH3 is 1. The predicted octanol–water partition coefficient (Wildman–Crippen LogP) is 3.89. The molecule has 0 fully saturated rings. The number of rotatable bonds is 6. The molecule has 0 aliphatic heterocycles. The second kappa shape index (κ2) is 7.52. The molecular weight excluding hydrogens is 335 g/mol. The zero-order valence-electron chi connectivity index (χ0n) is 12.1. The van der Waals surface area contributed by atoms with E-state index in [0.29, 0.717) is 6.42 Å². The summed E-state index contributed by atoms with van der Waals surface area (Å²) in [4.78, 5) is 4.08. The van der Waals surface area contributed by atoms with Gasteiger partial charge < -0.3 is 10.1 Å². The summed E-state index contributed by atoms with van der Waals surface area (Å²) < 4.78 is 19.7. The Morgan fingerprint density at radius 1 is 1.38 bits per heavy atom. The average Bonchev–Trinajstić information content (AvgIpc) is 2.50. The standard InChI is InChI=1S/C16H18BrFN2O/c1-3-20-15(13-6-7-19-10-16(13)21-2)9-11-8-12(18)4-5-14(11)17/h4-8,10,15,20H,3,9H2,1-2H3. The molecule has 0 bridgehead atoms. The molecule has 0 amide bonds. The molecule has 21 heavy (non-hydrogen) atoms. The van der Waals surface area contributed by atoms with E-state index in [-0.39, 0.29) is 11.9 Å². The third kappa shape index (κ3) is 4.02. The molecule has 1 N–H and O–H groups in total.